The number of aryl methyl sites for hydroxylation is 2. The normalized spacial score (nSPS) is 10.5. The molecule has 0 saturated carbocycles. The second kappa shape index (κ2) is 9.33. The summed E-state index contributed by atoms with van der Waals surface area (Å²) in [6.07, 6.45) is 0.728. The summed E-state index contributed by atoms with van der Waals surface area (Å²) in [6, 6.07) is 17.1. The molecule has 1 heterocycles. The van der Waals surface area contributed by atoms with E-state index in [1.54, 1.807) is 18.2 Å². The Kier molecular flexibility index (Phi) is 6.61. The molecule has 0 bridgehead atoms. The summed E-state index contributed by atoms with van der Waals surface area (Å²) in [5.41, 5.74) is 3.86. The maximum Gasteiger partial charge on any atom is 0.258 e. The minimum atomic E-state index is -0.207. The zero-order chi connectivity index (χ0) is 19.9. The van der Waals surface area contributed by atoms with Gasteiger partial charge in [-0.25, -0.2) is 4.98 Å². The standard InChI is InChI=1S/C22H22ClN3O2/c1-3-19-12-21(26-22(25-19)17-5-4-6-18(23)11-17)28-14-20(27)24-13-16-9-7-15(2)8-10-16/h4-12H,3,13-14H2,1-2H3,(H,24,27). The highest BCUT2D eigenvalue weighted by Crippen LogP contribution is 2.22. The van der Waals surface area contributed by atoms with Gasteiger partial charge in [-0.05, 0) is 31.0 Å². The van der Waals surface area contributed by atoms with Gasteiger partial charge in [0.2, 0.25) is 5.88 Å². The van der Waals surface area contributed by atoms with Gasteiger partial charge in [0.05, 0.1) is 0 Å². The van der Waals surface area contributed by atoms with Crippen LogP contribution in [0.1, 0.15) is 23.7 Å². The smallest absolute Gasteiger partial charge is 0.258 e. The van der Waals surface area contributed by atoms with Crippen molar-refractivity contribution in [3.05, 3.63) is 76.4 Å². The summed E-state index contributed by atoms with van der Waals surface area (Å²) in [5, 5.41) is 3.46. The molecule has 0 saturated heterocycles. The van der Waals surface area contributed by atoms with E-state index in [-0.39, 0.29) is 12.5 Å². The Balaban J connectivity index is 1.64. The largest absolute Gasteiger partial charge is 0.467 e. The molecule has 144 valence electrons. The van der Waals surface area contributed by atoms with Crippen LogP contribution in [0.5, 0.6) is 5.88 Å². The molecule has 0 aliphatic carbocycles. The van der Waals surface area contributed by atoms with Gasteiger partial charge >= 0.3 is 0 Å². The Morgan fingerprint density at radius 3 is 2.61 bits per heavy atom. The van der Waals surface area contributed by atoms with Crippen LogP contribution in [0.2, 0.25) is 5.02 Å². The Labute approximate surface area is 169 Å². The lowest BCUT2D eigenvalue weighted by atomic mass is 10.1. The average Bonchev–Trinajstić information content (AvgIpc) is 2.71. The van der Waals surface area contributed by atoms with Gasteiger partial charge in [0, 0.05) is 28.9 Å². The third-order valence-electron chi connectivity index (χ3n) is 4.16. The highest BCUT2D eigenvalue weighted by molar-refractivity contribution is 6.30. The molecule has 0 radical (unpaired) electrons. The van der Waals surface area contributed by atoms with Crippen LogP contribution in [0.3, 0.4) is 0 Å². The van der Waals surface area contributed by atoms with Gasteiger partial charge in [-0.3, -0.25) is 4.79 Å². The van der Waals surface area contributed by atoms with Crippen LogP contribution in [-0.2, 0) is 17.8 Å². The summed E-state index contributed by atoms with van der Waals surface area (Å²) in [6.45, 7) is 4.38. The van der Waals surface area contributed by atoms with Crippen LogP contribution in [0.15, 0.2) is 54.6 Å². The monoisotopic (exact) mass is 395 g/mol. The van der Waals surface area contributed by atoms with Crippen LogP contribution >= 0.6 is 11.6 Å². The van der Waals surface area contributed by atoms with E-state index in [1.165, 1.54) is 5.56 Å². The van der Waals surface area contributed by atoms with Crippen molar-refractivity contribution in [3.63, 3.8) is 0 Å². The molecule has 5 nitrogen and oxygen atoms in total. The number of amides is 1. The number of hydrogen-bond acceptors (Lipinski definition) is 4. The molecule has 1 amide bonds. The van der Waals surface area contributed by atoms with Crippen molar-refractivity contribution in [3.8, 4) is 17.3 Å². The Bertz CT molecular complexity index is 958. The molecule has 6 heteroatoms. The Morgan fingerprint density at radius 2 is 1.89 bits per heavy atom. The minimum Gasteiger partial charge on any atom is -0.467 e. The SMILES string of the molecule is CCc1cc(OCC(=O)NCc2ccc(C)cc2)nc(-c2cccc(Cl)c2)n1. The lowest BCUT2D eigenvalue weighted by molar-refractivity contribution is -0.123. The van der Waals surface area contributed by atoms with Crippen molar-refractivity contribution < 1.29 is 9.53 Å². The van der Waals surface area contributed by atoms with Crippen molar-refractivity contribution in [2.24, 2.45) is 0 Å². The van der Waals surface area contributed by atoms with E-state index >= 15 is 0 Å². The van der Waals surface area contributed by atoms with E-state index < -0.39 is 0 Å². The molecule has 1 aromatic heterocycles. The van der Waals surface area contributed by atoms with E-state index in [0.29, 0.717) is 23.3 Å². The van der Waals surface area contributed by atoms with Crippen LogP contribution in [0.4, 0.5) is 0 Å². The molecule has 2 aromatic carbocycles. The summed E-state index contributed by atoms with van der Waals surface area (Å²) < 4.78 is 5.61. The highest BCUT2D eigenvalue weighted by atomic mass is 35.5. The first-order chi connectivity index (χ1) is 13.5. The number of nitrogens with zero attached hydrogens (tertiary/aromatic N) is 2. The predicted molar refractivity (Wildman–Crippen MR) is 110 cm³/mol. The molecule has 0 atom stereocenters. The van der Waals surface area contributed by atoms with E-state index in [9.17, 15) is 4.79 Å². The first kappa shape index (κ1) is 19.8. The van der Waals surface area contributed by atoms with Crippen LogP contribution < -0.4 is 10.1 Å². The molecule has 1 N–H and O–H groups in total. The third kappa shape index (κ3) is 5.54. The van der Waals surface area contributed by atoms with Gasteiger partial charge in [-0.15, -0.1) is 0 Å². The fourth-order valence-electron chi connectivity index (χ4n) is 2.58. The number of carbonyl (C=O) groups is 1. The van der Waals surface area contributed by atoms with Gasteiger partial charge in [0.15, 0.2) is 12.4 Å². The quantitative estimate of drug-likeness (QED) is 0.645. The van der Waals surface area contributed by atoms with Gasteiger partial charge in [-0.1, -0.05) is 60.5 Å². The zero-order valence-electron chi connectivity index (χ0n) is 15.9. The second-order valence-corrected chi connectivity index (χ2v) is 6.87. The van der Waals surface area contributed by atoms with Crippen molar-refractivity contribution in [1.82, 2.24) is 15.3 Å². The number of benzene rings is 2. The van der Waals surface area contributed by atoms with E-state index in [4.69, 9.17) is 16.3 Å². The second-order valence-electron chi connectivity index (χ2n) is 6.44. The number of halogens is 1. The molecule has 3 aromatic rings. The van der Waals surface area contributed by atoms with Gasteiger partial charge in [0.25, 0.3) is 5.91 Å². The summed E-state index contributed by atoms with van der Waals surface area (Å²) >= 11 is 6.07. The molecular weight excluding hydrogens is 374 g/mol. The molecule has 0 unspecified atom stereocenters. The maximum absolute atomic E-state index is 12.1. The zero-order valence-corrected chi connectivity index (χ0v) is 16.7. The lowest BCUT2D eigenvalue weighted by Gasteiger charge is -2.10. The summed E-state index contributed by atoms with van der Waals surface area (Å²) in [7, 11) is 0. The van der Waals surface area contributed by atoms with E-state index in [1.807, 2.05) is 50.2 Å². The maximum atomic E-state index is 12.1. The van der Waals surface area contributed by atoms with Crippen molar-refractivity contribution in [1.29, 1.82) is 0 Å². The van der Waals surface area contributed by atoms with E-state index in [0.717, 1.165) is 23.2 Å². The van der Waals surface area contributed by atoms with Crippen molar-refractivity contribution in [2.45, 2.75) is 26.8 Å². The topological polar surface area (TPSA) is 64.1 Å². The third-order valence-corrected chi connectivity index (χ3v) is 4.40. The number of hydrogen-bond donors (Lipinski definition) is 1. The minimum absolute atomic E-state index is 0.110. The molecule has 28 heavy (non-hydrogen) atoms. The van der Waals surface area contributed by atoms with Crippen LogP contribution in [0, 0.1) is 6.92 Å². The predicted octanol–water partition coefficient (Wildman–Crippen LogP) is 4.36. The van der Waals surface area contributed by atoms with E-state index in [2.05, 4.69) is 15.3 Å². The van der Waals surface area contributed by atoms with Gasteiger partial charge < -0.3 is 10.1 Å². The molecule has 0 fully saturated rings. The Morgan fingerprint density at radius 1 is 1.11 bits per heavy atom. The molecular formula is C22H22ClN3O2. The number of carbonyl (C=O) groups excluding carboxylic acids is 1. The van der Waals surface area contributed by atoms with Crippen LogP contribution in [0.25, 0.3) is 11.4 Å². The first-order valence-electron chi connectivity index (χ1n) is 9.12. The lowest BCUT2D eigenvalue weighted by Crippen LogP contribution is -2.28. The number of nitrogens with one attached hydrogen (secondary N) is 1. The first-order valence-corrected chi connectivity index (χ1v) is 9.50. The number of ether oxygens (including phenoxy) is 1. The van der Waals surface area contributed by atoms with Gasteiger partial charge in [0.1, 0.15) is 0 Å². The highest BCUT2D eigenvalue weighted by Gasteiger charge is 2.10. The number of rotatable bonds is 7. The molecule has 0 aliphatic heterocycles. The summed E-state index contributed by atoms with van der Waals surface area (Å²) in [4.78, 5) is 21.1. The van der Waals surface area contributed by atoms with Gasteiger partial charge in [-0.2, -0.15) is 4.98 Å². The molecule has 0 aliphatic rings. The fraction of sp³-hybridized carbons (Fsp3) is 0.227. The van der Waals surface area contributed by atoms with Crippen molar-refractivity contribution in [2.75, 3.05) is 6.61 Å². The summed E-state index contributed by atoms with van der Waals surface area (Å²) in [5.74, 6) is 0.686. The number of aromatic nitrogens is 2. The van der Waals surface area contributed by atoms with Crippen molar-refractivity contribution >= 4 is 17.5 Å². The van der Waals surface area contributed by atoms with Crippen LogP contribution in [-0.4, -0.2) is 22.5 Å². The molecule has 3 rings (SSSR count). The average molecular weight is 396 g/mol. The fourth-order valence-corrected chi connectivity index (χ4v) is 2.77. The molecule has 0 spiro atoms. The Hall–Kier alpha value is -2.92.